The van der Waals surface area contributed by atoms with Crippen LogP contribution in [0.25, 0.3) is 0 Å². The van der Waals surface area contributed by atoms with E-state index in [-0.39, 0.29) is 35.1 Å². The zero-order valence-electron chi connectivity index (χ0n) is 21.8. The molecule has 4 rings (SSSR count). The minimum Gasteiger partial charge on any atom is -0.441 e. The van der Waals surface area contributed by atoms with Crippen molar-refractivity contribution >= 4 is 27.7 Å². The van der Waals surface area contributed by atoms with Gasteiger partial charge in [0, 0.05) is 42.8 Å². The second kappa shape index (κ2) is 10.4. The highest BCUT2D eigenvalue weighted by Crippen LogP contribution is 2.51. The van der Waals surface area contributed by atoms with Crippen molar-refractivity contribution < 1.29 is 23.1 Å². The summed E-state index contributed by atoms with van der Waals surface area (Å²) < 4.78 is 35.7. The molecule has 10 heteroatoms. The van der Waals surface area contributed by atoms with Crippen molar-refractivity contribution in [1.29, 1.82) is 0 Å². The van der Waals surface area contributed by atoms with Gasteiger partial charge in [-0.25, -0.2) is 13.2 Å². The van der Waals surface area contributed by atoms with Crippen LogP contribution in [0.3, 0.4) is 0 Å². The van der Waals surface area contributed by atoms with Crippen molar-refractivity contribution in [2.24, 2.45) is 5.92 Å². The second-order valence-corrected chi connectivity index (χ2v) is 13.7. The average Bonchev–Trinajstić information content (AvgIpc) is 3.64. The van der Waals surface area contributed by atoms with Crippen molar-refractivity contribution in [3.63, 3.8) is 0 Å². The van der Waals surface area contributed by atoms with Crippen LogP contribution in [0.5, 0.6) is 0 Å². The van der Waals surface area contributed by atoms with Crippen LogP contribution < -0.4 is 0 Å². The number of carbonyl (C=O) groups is 1. The third-order valence-corrected chi connectivity index (χ3v) is 10.4. The van der Waals surface area contributed by atoms with Gasteiger partial charge in [0.25, 0.3) is 0 Å². The van der Waals surface area contributed by atoms with E-state index in [1.54, 1.807) is 33.5 Å². The summed E-state index contributed by atoms with van der Waals surface area (Å²) in [6.45, 7) is 10.5. The Kier molecular flexibility index (Phi) is 7.99. The largest absolute Gasteiger partial charge is 0.441 e. The quantitative estimate of drug-likeness (QED) is 0.562. The highest BCUT2D eigenvalue weighted by Gasteiger charge is 2.60. The van der Waals surface area contributed by atoms with Gasteiger partial charge in [0.2, 0.25) is 10.0 Å². The van der Waals surface area contributed by atoms with E-state index in [0.717, 1.165) is 12.8 Å². The summed E-state index contributed by atoms with van der Waals surface area (Å²) in [5, 5.41) is 10.2. The maximum Gasteiger partial charge on any atom is 0.410 e. The smallest absolute Gasteiger partial charge is 0.410 e. The Morgan fingerprint density at radius 2 is 1.75 bits per heavy atom. The number of amides is 1. The SMILES string of the molecule is CC(C)[C@@H]1CCC[C@H](C2(OC(=O)N3CCN(C(C)(C)CO)CC3)CC2)N1S(=O)(=O)c1ccc(Cl)cc1. The Morgan fingerprint density at radius 1 is 1.14 bits per heavy atom. The molecule has 3 fully saturated rings. The predicted molar refractivity (Wildman–Crippen MR) is 139 cm³/mol. The van der Waals surface area contributed by atoms with Crippen molar-refractivity contribution in [3.05, 3.63) is 29.3 Å². The van der Waals surface area contributed by atoms with Crippen LogP contribution in [0.4, 0.5) is 4.79 Å². The molecule has 1 aliphatic carbocycles. The summed E-state index contributed by atoms with van der Waals surface area (Å²) >= 11 is 6.03. The van der Waals surface area contributed by atoms with Crippen LogP contribution in [0.2, 0.25) is 5.02 Å². The maximum absolute atomic E-state index is 14.0. The van der Waals surface area contributed by atoms with E-state index in [2.05, 4.69) is 18.7 Å². The average molecular weight is 542 g/mol. The molecule has 0 radical (unpaired) electrons. The first-order valence-electron chi connectivity index (χ1n) is 13.0. The second-order valence-electron chi connectivity index (χ2n) is 11.4. The van der Waals surface area contributed by atoms with E-state index >= 15 is 0 Å². The topological polar surface area (TPSA) is 90.4 Å². The van der Waals surface area contributed by atoms with Crippen molar-refractivity contribution in [3.8, 4) is 0 Å². The van der Waals surface area contributed by atoms with Crippen molar-refractivity contribution in [1.82, 2.24) is 14.1 Å². The van der Waals surface area contributed by atoms with Crippen molar-refractivity contribution in [2.75, 3.05) is 32.8 Å². The molecule has 1 saturated carbocycles. The Labute approximate surface area is 220 Å². The molecule has 2 aliphatic heterocycles. The summed E-state index contributed by atoms with van der Waals surface area (Å²) in [5.74, 6) is 0.129. The Balaban J connectivity index is 1.54. The third kappa shape index (κ3) is 5.41. The lowest BCUT2D eigenvalue weighted by Gasteiger charge is -2.46. The van der Waals surface area contributed by atoms with E-state index in [0.29, 0.717) is 50.5 Å². The third-order valence-electron chi connectivity index (χ3n) is 8.19. The molecule has 8 nitrogen and oxygen atoms in total. The first-order chi connectivity index (χ1) is 16.9. The van der Waals surface area contributed by atoms with Crippen LogP contribution >= 0.6 is 11.6 Å². The van der Waals surface area contributed by atoms with Gasteiger partial charge in [0.05, 0.1) is 17.5 Å². The molecule has 0 aromatic heterocycles. The predicted octanol–water partition coefficient (Wildman–Crippen LogP) is 3.97. The zero-order chi connectivity index (χ0) is 26.3. The number of sulfonamides is 1. The standard InChI is InChI=1S/C26H40ClN3O5S/c1-19(2)22-6-5-7-23(30(22)36(33,34)21-10-8-20(27)9-11-21)26(12-13-26)35-24(32)28-14-16-29(17-15-28)25(3,4)18-31/h8-11,19,22-23,31H,5-7,12-18H2,1-4H3/t22-,23+/m0/s1. The molecule has 2 saturated heterocycles. The van der Waals surface area contributed by atoms with Gasteiger partial charge in [-0.15, -0.1) is 0 Å². The van der Waals surface area contributed by atoms with Crippen LogP contribution in [-0.2, 0) is 14.8 Å². The molecular formula is C26H40ClN3O5S. The lowest BCUT2D eigenvalue weighted by molar-refractivity contribution is -0.0276. The fourth-order valence-corrected chi connectivity index (χ4v) is 7.85. The number of aliphatic hydroxyl groups is 1. The van der Waals surface area contributed by atoms with Gasteiger partial charge in [-0.3, -0.25) is 4.90 Å². The number of benzene rings is 1. The fraction of sp³-hybridized carbons (Fsp3) is 0.731. The molecule has 1 amide bonds. The van der Waals surface area contributed by atoms with E-state index in [9.17, 15) is 18.3 Å². The summed E-state index contributed by atoms with van der Waals surface area (Å²) in [7, 11) is -3.81. The number of halogens is 1. The Hall–Kier alpha value is -1.39. The monoisotopic (exact) mass is 541 g/mol. The molecule has 2 atom stereocenters. The van der Waals surface area contributed by atoms with Crippen LogP contribution in [0, 0.1) is 5.92 Å². The Bertz CT molecular complexity index is 1030. The lowest BCUT2D eigenvalue weighted by atomic mass is 9.88. The molecule has 2 heterocycles. The summed E-state index contributed by atoms with van der Waals surface area (Å²) in [6, 6.07) is 5.76. The van der Waals surface area contributed by atoms with Gasteiger partial charge < -0.3 is 14.7 Å². The van der Waals surface area contributed by atoms with Gasteiger partial charge in [0.1, 0.15) is 5.60 Å². The summed E-state index contributed by atoms with van der Waals surface area (Å²) in [4.78, 5) is 17.4. The Morgan fingerprint density at radius 3 is 2.28 bits per heavy atom. The van der Waals surface area contributed by atoms with Gasteiger partial charge in [-0.2, -0.15) is 4.31 Å². The molecule has 36 heavy (non-hydrogen) atoms. The molecule has 1 aromatic carbocycles. The van der Waals surface area contributed by atoms with Gasteiger partial charge in [0.15, 0.2) is 0 Å². The summed E-state index contributed by atoms with van der Waals surface area (Å²) in [6.07, 6.45) is 3.31. The summed E-state index contributed by atoms with van der Waals surface area (Å²) in [5.41, 5.74) is -1.12. The van der Waals surface area contributed by atoms with Crippen LogP contribution in [0.15, 0.2) is 29.2 Å². The van der Waals surface area contributed by atoms with E-state index in [1.165, 1.54) is 0 Å². The van der Waals surface area contributed by atoms with E-state index in [4.69, 9.17) is 16.3 Å². The van der Waals surface area contributed by atoms with Crippen molar-refractivity contribution in [2.45, 2.75) is 87.9 Å². The molecule has 0 spiro atoms. The number of piperazine rings is 1. The molecule has 1 aromatic rings. The van der Waals surface area contributed by atoms with Gasteiger partial charge in [-0.05, 0) is 69.7 Å². The maximum atomic E-state index is 14.0. The highest BCUT2D eigenvalue weighted by atomic mass is 35.5. The van der Waals surface area contributed by atoms with Gasteiger partial charge >= 0.3 is 6.09 Å². The van der Waals surface area contributed by atoms with Crippen LogP contribution in [0.1, 0.15) is 59.8 Å². The minimum atomic E-state index is -3.81. The highest BCUT2D eigenvalue weighted by molar-refractivity contribution is 7.89. The van der Waals surface area contributed by atoms with E-state index < -0.39 is 21.7 Å². The first kappa shape index (κ1) is 27.6. The molecular weight excluding hydrogens is 502 g/mol. The number of carbonyl (C=O) groups excluding carboxylic acids is 1. The normalized spacial score (nSPS) is 25.7. The number of ether oxygens (including phenoxy) is 1. The number of piperidine rings is 1. The first-order valence-corrected chi connectivity index (χ1v) is 14.9. The fourth-order valence-electron chi connectivity index (χ4n) is 5.66. The van der Waals surface area contributed by atoms with Crippen LogP contribution in [-0.4, -0.2) is 89.7 Å². The zero-order valence-corrected chi connectivity index (χ0v) is 23.4. The molecule has 0 bridgehead atoms. The van der Waals surface area contributed by atoms with E-state index in [1.807, 2.05) is 13.8 Å². The number of nitrogens with zero attached hydrogens (tertiary/aromatic N) is 3. The number of hydrogen-bond donors (Lipinski definition) is 1. The number of rotatable bonds is 7. The lowest BCUT2D eigenvalue weighted by Crippen LogP contribution is -2.60. The van der Waals surface area contributed by atoms with Gasteiger partial charge in [-0.1, -0.05) is 31.9 Å². The number of hydrogen-bond acceptors (Lipinski definition) is 6. The molecule has 3 aliphatic rings. The molecule has 0 unspecified atom stereocenters. The molecule has 1 N–H and O–H groups in total. The minimum absolute atomic E-state index is 0.0528. The number of aliphatic hydroxyl groups excluding tert-OH is 1. The molecule has 202 valence electrons.